The molecule has 19 heavy (non-hydrogen) atoms. The predicted octanol–water partition coefficient (Wildman–Crippen LogP) is 2.53. The highest BCUT2D eigenvalue weighted by Crippen LogP contribution is 2.28. The molecule has 0 aromatic heterocycles. The molecule has 1 aliphatic rings. The molecule has 3 nitrogen and oxygen atoms in total. The summed E-state index contributed by atoms with van der Waals surface area (Å²) < 4.78 is 6.11. The van der Waals surface area contributed by atoms with Gasteiger partial charge in [0.15, 0.2) is 0 Å². The number of benzene rings is 1. The highest BCUT2D eigenvalue weighted by atomic mass is 16.5. The van der Waals surface area contributed by atoms with Crippen molar-refractivity contribution >= 4 is 0 Å². The van der Waals surface area contributed by atoms with E-state index in [0.29, 0.717) is 6.54 Å². The zero-order valence-electron chi connectivity index (χ0n) is 12.6. The number of ether oxygens (including phenoxy) is 1. The minimum absolute atomic E-state index is 0.0844. The van der Waals surface area contributed by atoms with Gasteiger partial charge in [0.05, 0.1) is 11.2 Å². The minimum atomic E-state index is -0.0844. The van der Waals surface area contributed by atoms with Gasteiger partial charge in [-0.1, -0.05) is 24.3 Å². The van der Waals surface area contributed by atoms with E-state index in [1.165, 1.54) is 11.1 Å². The summed E-state index contributed by atoms with van der Waals surface area (Å²) in [6.07, 6.45) is 0. The smallest absolute Gasteiger partial charge is 0.0760 e. The number of hydrogen-bond donors (Lipinski definition) is 1. The van der Waals surface area contributed by atoms with E-state index in [4.69, 9.17) is 10.5 Å². The van der Waals surface area contributed by atoms with Crippen molar-refractivity contribution in [3.8, 4) is 0 Å². The van der Waals surface area contributed by atoms with Crippen molar-refractivity contribution in [1.29, 1.82) is 0 Å². The first-order valence-corrected chi connectivity index (χ1v) is 7.00. The van der Waals surface area contributed by atoms with Crippen molar-refractivity contribution in [2.45, 2.75) is 52.0 Å². The second kappa shape index (κ2) is 5.23. The van der Waals surface area contributed by atoms with Crippen LogP contribution in [0.25, 0.3) is 0 Å². The Morgan fingerprint density at radius 3 is 1.95 bits per heavy atom. The highest BCUT2D eigenvalue weighted by molar-refractivity contribution is 5.22. The molecule has 0 atom stereocenters. The van der Waals surface area contributed by atoms with Gasteiger partial charge in [-0.2, -0.15) is 0 Å². The van der Waals surface area contributed by atoms with Crippen LogP contribution in [0, 0.1) is 0 Å². The molecule has 1 fully saturated rings. The lowest BCUT2D eigenvalue weighted by molar-refractivity contribution is -0.182. The summed E-state index contributed by atoms with van der Waals surface area (Å²) in [4.78, 5) is 2.47. The maximum Gasteiger partial charge on any atom is 0.0760 e. The fraction of sp³-hybridized carbons (Fsp3) is 0.625. The van der Waals surface area contributed by atoms with E-state index in [-0.39, 0.29) is 11.2 Å². The first kappa shape index (κ1) is 14.5. The Hall–Kier alpha value is -0.900. The molecule has 2 rings (SSSR count). The Morgan fingerprint density at radius 2 is 1.47 bits per heavy atom. The van der Waals surface area contributed by atoms with Crippen LogP contribution in [0.1, 0.15) is 38.8 Å². The monoisotopic (exact) mass is 262 g/mol. The molecule has 0 spiro atoms. The van der Waals surface area contributed by atoms with Gasteiger partial charge in [0.2, 0.25) is 0 Å². The van der Waals surface area contributed by atoms with Crippen molar-refractivity contribution in [3.63, 3.8) is 0 Å². The standard InChI is InChI=1S/C16H26N2O/c1-15(2)11-18(12-16(3,4)19-15)10-14-7-5-13(9-17)6-8-14/h5-8H,9-12,17H2,1-4H3. The zero-order valence-corrected chi connectivity index (χ0v) is 12.6. The van der Waals surface area contributed by atoms with Gasteiger partial charge in [0.25, 0.3) is 0 Å². The first-order chi connectivity index (χ1) is 8.80. The van der Waals surface area contributed by atoms with E-state index in [1.54, 1.807) is 0 Å². The maximum atomic E-state index is 6.11. The average molecular weight is 262 g/mol. The highest BCUT2D eigenvalue weighted by Gasteiger charge is 2.37. The summed E-state index contributed by atoms with van der Waals surface area (Å²) in [6, 6.07) is 8.59. The second-order valence-corrected chi connectivity index (χ2v) is 6.79. The van der Waals surface area contributed by atoms with Gasteiger partial charge in [-0.15, -0.1) is 0 Å². The van der Waals surface area contributed by atoms with Crippen LogP contribution in [0.15, 0.2) is 24.3 Å². The van der Waals surface area contributed by atoms with Gasteiger partial charge >= 0.3 is 0 Å². The Balaban J connectivity index is 2.05. The van der Waals surface area contributed by atoms with E-state index in [2.05, 4.69) is 56.9 Å². The number of morpholine rings is 1. The molecule has 1 aromatic carbocycles. The Bertz CT molecular complexity index is 407. The van der Waals surface area contributed by atoms with Crippen LogP contribution in [-0.2, 0) is 17.8 Å². The van der Waals surface area contributed by atoms with Crippen molar-refractivity contribution in [3.05, 3.63) is 35.4 Å². The van der Waals surface area contributed by atoms with E-state index in [1.807, 2.05) is 0 Å². The molecule has 0 amide bonds. The van der Waals surface area contributed by atoms with E-state index >= 15 is 0 Å². The summed E-state index contributed by atoms with van der Waals surface area (Å²) in [7, 11) is 0. The lowest BCUT2D eigenvalue weighted by Gasteiger charge is -2.47. The molecule has 0 aliphatic carbocycles. The minimum Gasteiger partial charge on any atom is -0.367 e. The van der Waals surface area contributed by atoms with E-state index in [9.17, 15) is 0 Å². The van der Waals surface area contributed by atoms with Crippen molar-refractivity contribution < 1.29 is 4.74 Å². The zero-order chi connectivity index (χ0) is 14.1. The summed E-state index contributed by atoms with van der Waals surface area (Å²) in [5, 5.41) is 0. The molecule has 1 heterocycles. The fourth-order valence-electron chi connectivity index (χ4n) is 3.10. The number of hydrogen-bond acceptors (Lipinski definition) is 3. The van der Waals surface area contributed by atoms with Crippen LogP contribution < -0.4 is 5.73 Å². The van der Waals surface area contributed by atoms with Crippen LogP contribution in [0.5, 0.6) is 0 Å². The molecule has 3 heteroatoms. The van der Waals surface area contributed by atoms with Gasteiger partial charge in [-0.05, 0) is 38.8 Å². The molecule has 106 valence electrons. The third-order valence-electron chi connectivity index (χ3n) is 3.43. The lowest BCUT2D eigenvalue weighted by Crippen LogP contribution is -2.56. The van der Waals surface area contributed by atoms with Crippen LogP contribution in [0.2, 0.25) is 0 Å². The van der Waals surface area contributed by atoms with Crippen LogP contribution in [0.3, 0.4) is 0 Å². The predicted molar refractivity (Wildman–Crippen MR) is 78.9 cm³/mol. The van der Waals surface area contributed by atoms with Gasteiger partial charge in [0, 0.05) is 26.2 Å². The molecular weight excluding hydrogens is 236 g/mol. The summed E-state index contributed by atoms with van der Waals surface area (Å²) in [5.74, 6) is 0. The van der Waals surface area contributed by atoms with Crippen molar-refractivity contribution in [1.82, 2.24) is 4.90 Å². The SMILES string of the molecule is CC1(C)CN(Cc2ccc(CN)cc2)CC(C)(C)O1. The fourth-order valence-corrected chi connectivity index (χ4v) is 3.10. The Kier molecular flexibility index (Phi) is 4.00. The largest absolute Gasteiger partial charge is 0.367 e. The third-order valence-corrected chi connectivity index (χ3v) is 3.43. The van der Waals surface area contributed by atoms with Gasteiger partial charge in [0.1, 0.15) is 0 Å². The molecule has 0 saturated carbocycles. The van der Waals surface area contributed by atoms with Crippen molar-refractivity contribution in [2.24, 2.45) is 5.73 Å². The summed E-state index contributed by atoms with van der Waals surface area (Å²) >= 11 is 0. The van der Waals surface area contributed by atoms with Crippen LogP contribution in [-0.4, -0.2) is 29.2 Å². The third kappa shape index (κ3) is 4.03. The van der Waals surface area contributed by atoms with Crippen molar-refractivity contribution in [2.75, 3.05) is 13.1 Å². The first-order valence-electron chi connectivity index (χ1n) is 7.00. The maximum absolute atomic E-state index is 6.11. The summed E-state index contributed by atoms with van der Waals surface area (Å²) in [6.45, 7) is 12.2. The molecular formula is C16H26N2O. The molecule has 1 aliphatic heterocycles. The van der Waals surface area contributed by atoms with Gasteiger partial charge in [-0.3, -0.25) is 4.90 Å². The summed E-state index contributed by atoms with van der Waals surface area (Å²) in [5.41, 5.74) is 7.98. The van der Waals surface area contributed by atoms with Crippen LogP contribution >= 0.6 is 0 Å². The Morgan fingerprint density at radius 1 is 1.00 bits per heavy atom. The molecule has 0 bridgehead atoms. The molecule has 2 N–H and O–H groups in total. The second-order valence-electron chi connectivity index (χ2n) is 6.79. The number of nitrogens with two attached hydrogens (primary N) is 1. The van der Waals surface area contributed by atoms with Gasteiger partial charge in [-0.25, -0.2) is 0 Å². The topological polar surface area (TPSA) is 38.5 Å². The molecule has 0 radical (unpaired) electrons. The van der Waals surface area contributed by atoms with E-state index in [0.717, 1.165) is 19.6 Å². The quantitative estimate of drug-likeness (QED) is 0.909. The Labute approximate surface area is 116 Å². The average Bonchev–Trinajstić information content (AvgIpc) is 2.25. The molecule has 0 unspecified atom stereocenters. The number of nitrogens with zero attached hydrogens (tertiary/aromatic N) is 1. The van der Waals surface area contributed by atoms with E-state index < -0.39 is 0 Å². The molecule has 1 aromatic rings. The number of rotatable bonds is 3. The lowest BCUT2D eigenvalue weighted by atomic mass is 9.98. The van der Waals surface area contributed by atoms with Crippen LogP contribution in [0.4, 0.5) is 0 Å². The van der Waals surface area contributed by atoms with Gasteiger partial charge < -0.3 is 10.5 Å². The normalized spacial score (nSPS) is 22.4. The molecule has 1 saturated heterocycles.